The van der Waals surface area contributed by atoms with Crippen LogP contribution >= 0.6 is 0 Å². The largest absolute Gasteiger partial charge is 0.341 e. The molecule has 1 heterocycles. The highest BCUT2D eigenvalue weighted by atomic mass is 16.2. The van der Waals surface area contributed by atoms with E-state index in [1.807, 2.05) is 11.8 Å². The first-order chi connectivity index (χ1) is 5.95. The van der Waals surface area contributed by atoms with Crippen LogP contribution in [0.2, 0.25) is 0 Å². The average Bonchev–Trinajstić information content (AvgIpc) is 2.02. The van der Waals surface area contributed by atoms with Crippen molar-refractivity contribution in [2.24, 2.45) is 0 Å². The van der Waals surface area contributed by atoms with Crippen LogP contribution in [0.5, 0.6) is 0 Å². The topological polar surface area (TPSA) is 23.6 Å². The van der Waals surface area contributed by atoms with Crippen molar-refractivity contribution in [2.75, 3.05) is 26.2 Å². The van der Waals surface area contributed by atoms with Crippen LogP contribution in [0.1, 0.15) is 27.7 Å². The first-order valence-corrected chi connectivity index (χ1v) is 4.98. The lowest BCUT2D eigenvalue weighted by Gasteiger charge is -2.41. The molecule has 3 heteroatoms. The summed E-state index contributed by atoms with van der Waals surface area (Å²) in [4.78, 5) is 15.7. The molecule has 0 aromatic heterocycles. The van der Waals surface area contributed by atoms with Gasteiger partial charge in [-0.2, -0.15) is 0 Å². The third-order valence-corrected chi connectivity index (χ3v) is 2.65. The second-order valence-corrected chi connectivity index (χ2v) is 4.57. The van der Waals surface area contributed by atoms with Gasteiger partial charge in [0.15, 0.2) is 0 Å². The standard InChI is InChI=1S/C10H20N2O/c1-5-11-6-7-12(8-9(11)13)10(2,3)4/h5-8H2,1-4H3. The van der Waals surface area contributed by atoms with E-state index in [-0.39, 0.29) is 11.4 Å². The molecule has 1 fully saturated rings. The SMILES string of the molecule is CCN1CCN(C(C)(C)C)CC1=O. The number of hydrogen-bond acceptors (Lipinski definition) is 2. The van der Waals surface area contributed by atoms with Gasteiger partial charge in [-0.15, -0.1) is 0 Å². The van der Waals surface area contributed by atoms with E-state index in [1.54, 1.807) is 0 Å². The van der Waals surface area contributed by atoms with Gasteiger partial charge in [-0.3, -0.25) is 9.69 Å². The molecule has 1 amide bonds. The summed E-state index contributed by atoms with van der Waals surface area (Å²) in [6.45, 7) is 11.8. The van der Waals surface area contributed by atoms with Gasteiger partial charge >= 0.3 is 0 Å². The average molecular weight is 184 g/mol. The molecule has 0 bridgehead atoms. The van der Waals surface area contributed by atoms with E-state index in [0.717, 1.165) is 19.6 Å². The zero-order chi connectivity index (χ0) is 10.1. The van der Waals surface area contributed by atoms with Crippen molar-refractivity contribution >= 4 is 5.91 Å². The van der Waals surface area contributed by atoms with E-state index in [0.29, 0.717) is 6.54 Å². The van der Waals surface area contributed by atoms with Gasteiger partial charge in [-0.1, -0.05) is 0 Å². The summed E-state index contributed by atoms with van der Waals surface area (Å²) in [7, 11) is 0. The van der Waals surface area contributed by atoms with Crippen molar-refractivity contribution < 1.29 is 4.79 Å². The Morgan fingerprint density at radius 3 is 2.31 bits per heavy atom. The molecule has 0 spiro atoms. The zero-order valence-electron chi connectivity index (χ0n) is 9.13. The predicted molar refractivity (Wildman–Crippen MR) is 53.6 cm³/mol. The van der Waals surface area contributed by atoms with E-state index < -0.39 is 0 Å². The number of amides is 1. The van der Waals surface area contributed by atoms with Crippen molar-refractivity contribution in [1.29, 1.82) is 0 Å². The van der Waals surface area contributed by atoms with E-state index in [9.17, 15) is 4.79 Å². The number of likely N-dealkylation sites (N-methyl/N-ethyl adjacent to an activating group) is 1. The third-order valence-electron chi connectivity index (χ3n) is 2.65. The molecule has 3 nitrogen and oxygen atoms in total. The Labute approximate surface area is 80.7 Å². The Hall–Kier alpha value is -0.570. The van der Waals surface area contributed by atoms with Gasteiger partial charge < -0.3 is 4.90 Å². The van der Waals surface area contributed by atoms with Gasteiger partial charge in [0.05, 0.1) is 6.54 Å². The van der Waals surface area contributed by atoms with E-state index in [1.165, 1.54) is 0 Å². The Kier molecular flexibility index (Phi) is 2.96. The third kappa shape index (κ3) is 2.44. The quantitative estimate of drug-likeness (QED) is 0.606. The molecule has 1 aliphatic heterocycles. The molecule has 0 aromatic rings. The fraction of sp³-hybridized carbons (Fsp3) is 0.900. The van der Waals surface area contributed by atoms with Crippen molar-refractivity contribution in [3.05, 3.63) is 0 Å². The first-order valence-electron chi connectivity index (χ1n) is 4.98. The second kappa shape index (κ2) is 3.66. The number of rotatable bonds is 1. The maximum Gasteiger partial charge on any atom is 0.236 e. The molecule has 1 saturated heterocycles. The van der Waals surface area contributed by atoms with Crippen molar-refractivity contribution in [3.8, 4) is 0 Å². The number of carbonyl (C=O) groups excluding carboxylic acids is 1. The Bertz CT molecular complexity index is 196. The summed E-state index contributed by atoms with van der Waals surface area (Å²) in [6.07, 6.45) is 0. The van der Waals surface area contributed by atoms with Crippen LogP contribution in [0.4, 0.5) is 0 Å². The minimum atomic E-state index is 0.121. The van der Waals surface area contributed by atoms with Crippen molar-refractivity contribution in [3.63, 3.8) is 0 Å². The highest BCUT2D eigenvalue weighted by Gasteiger charge is 2.29. The number of carbonyl (C=O) groups is 1. The van der Waals surface area contributed by atoms with E-state index in [4.69, 9.17) is 0 Å². The molecule has 0 saturated carbocycles. The first kappa shape index (κ1) is 10.5. The smallest absolute Gasteiger partial charge is 0.236 e. The maximum atomic E-state index is 11.6. The van der Waals surface area contributed by atoms with Crippen LogP contribution in [0.25, 0.3) is 0 Å². The van der Waals surface area contributed by atoms with Crippen LogP contribution < -0.4 is 0 Å². The molecule has 0 radical (unpaired) electrons. The molecule has 0 unspecified atom stereocenters. The molecule has 1 aliphatic rings. The highest BCUT2D eigenvalue weighted by molar-refractivity contribution is 5.79. The molecule has 0 N–H and O–H groups in total. The Balaban J connectivity index is 2.56. The van der Waals surface area contributed by atoms with E-state index in [2.05, 4.69) is 25.7 Å². The highest BCUT2D eigenvalue weighted by Crippen LogP contribution is 2.15. The van der Waals surface area contributed by atoms with Gasteiger partial charge in [-0.05, 0) is 27.7 Å². The summed E-state index contributed by atoms with van der Waals surface area (Å²) < 4.78 is 0. The minimum absolute atomic E-state index is 0.121. The van der Waals surface area contributed by atoms with Crippen LogP contribution in [0.15, 0.2) is 0 Å². The lowest BCUT2D eigenvalue weighted by atomic mass is 10.0. The summed E-state index contributed by atoms with van der Waals surface area (Å²) >= 11 is 0. The van der Waals surface area contributed by atoms with Gasteiger partial charge in [0, 0.05) is 25.2 Å². The summed E-state index contributed by atoms with van der Waals surface area (Å²) in [6, 6.07) is 0. The van der Waals surface area contributed by atoms with Crippen LogP contribution in [-0.2, 0) is 4.79 Å². The molecule has 13 heavy (non-hydrogen) atoms. The molecule has 0 aromatic carbocycles. The second-order valence-electron chi connectivity index (χ2n) is 4.57. The number of nitrogens with zero attached hydrogens (tertiary/aromatic N) is 2. The van der Waals surface area contributed by atoms with Crippen molar-refractivity contribution in [2.45, 2.75) is 33.2 Å². The van der Waals surface area contributed by atoms with Gasteiger partial charge in [0.2, 0.25) is 5.91 Å². The molecule has 76 valence electrons. The maximum absolute atomic E-state index is 11.6. The number of hydrogen-bond donors (Lipinski definition) is 0. The Morgan fingerprint density at radius 2 is 1.92 bits per heavy atom. The minimum Gasteiger partial charge on any atom is -0.341 e. The number of piperazine rings is 1. The van der Waals surface area contributed by atoms with E-state index >= 15 is 0 Å². The fourth-order valence-corrected chi connectivity index (χ4v) is 1.62. The lowest BCUT2D eigenvalue weighted by molar-refractivity contribution is -0.138. The van der Waals surface area contributed by atoms with Crippen LogP contribution in [0.3, 0.4) is 0 Å². The molecule has 1 rings (SSSR count). The fourth-order valence-electron chi connectivity index (χ4n) is 1.62. The van der Waals surface area contributed by atoms with Gasteiger partial charge in [0.25, 0.3) is 0 Å². The predicted octanol–water partition coefficient (Wildman–Crippen LogP) is 0.949. The molecular weight excluding hydrogens is 164 g/mol. The molecular formula is C10H20N2O. The summed E-state index contributed by atoms with van der Waals surface area (Å²) in [5, 5.41) is 0. The Morgan fingerprint density at radius 1 is 1.31 bits per heavy atom. The van der Waals surface area contributed by atoms with Gasteiger partial charge in [0.1, 0.15) is 0 Å². The van der Waals surface area contributed by atoms with Gasteiger partial charge in [-0.25, -0.2) is 0 Å². The van der Waals surface area contributed by atoms with Crippen LogP contribution in [-0.4, -0.2) is 47.4 Å². The normalized spacial score (nSPS) is 20.9. The molecule has 0 atom stereocenters. The lowest BCUT2D eigenvalue weighted by Crippen LogP contribution is -2.56. The van der Waals surface area contributed by atoms with Crippen LogP contribution in [0, 0.1) is 0 Å². The zero-order valence-corrected chi connectivity index (χ0v) is 9.13. The van der Waals surface area contributed by atoms with Crippen molar-refractivity contribution in [1.82, 2.24) is 9.80 Å². The summed E-state index contributed by atoms with van der Waals surface area (Å²) in [5.74, 6) is 0.267. The summed E-state index contributed by atoms with van der Waals surface area (Å²) in [5.41, 5.74) is 0.121. The molecule has 0 aliphatic carbocycles. The monoisotopic (exact) mass is 184 g/mol.